The van der Waals surface area contributed by atoms with Gasteiger partial charge >= 0.3 is 0 Å². The zero-order valence-electron chi connectivity index (χ0n) is 18.0. The van der Waals surface area contributed by atoms with Crippen LogP contribution >= 0.6 is 24.0 Å². The van der Waals surface area contributed by atoms with Gasteiger partial charge in [0.15, 0.2) is 5.96 Å². The molecular formula is C22H37IN4O2. The number of ether oxygens (including phenoxy) is 2. The van der Waals surface area contributed by atoms with E-state index >= 15 is 0 Å². The van der Waals surface area contributed by atoms with Gasteiger partial charge in [-0.05, 0) is 45.1 Å². The molecule has 1 aromatic rings. The molecule has 2 saturated heterocycles. The Kier molecular flexibility index (Phi) is 9.65. The molecule has 29 heavy (non-hydrogen) atoms. The fourth-order valence-corrected chi connectivity index (χ4v) is 4.14. The van der Waals surface area contributed by atoms with E-state index in [1.54, 1.807) is 0 Å². The molecular weight excluding hydrogens is 479 g/mol. The zero-order chi connectivity index (χ0) is 19.9. The topological polar surface area (TPSA) is 66.9 Å². The first kappa shape index (κ1) is 24.4. The third-order valence-corrected chi connectivity index (χ3v) is 6.02. The molecule has 0 bridgehead atoms. The smallest absolute Gasteiger partial charge is 0.191 e. The van der Waals surface area contributed by atoms with E-state index in [1.807, 2.05) is 7.05 Å². The van der Waals surface area contributed by atoms with Gasteiger partial charge in [-0.15, -0.1) is 24.0 Å². The summed E-state index contributed by atoms with van der Waals surface area (Å²) in [6, 6.07) is 10.9. The standard InChI is InChI=1S/C22H36N4O2.HI/c1-18(19-8-5-4-6-9-19)26-22(11-14-27-15-12-22)17-25-20(23-3)24-16-21(2)10-7-13-28-21;/h4-6,8-9,18,26H,7,10-17H2,1-3H3,(H2,23,24,25);1H. The molecule has 2 heterocycles. The molecule has 2 aliphatic heterocycles. The summed E-state index contributed by atoms with van der Waals surface area (Å²) in [5.41, 5.74) is 1.20. The van der Waals surface area contributed by atoms with Gasteiger partial charge in [-0.25, -0.2) is 0 Å². The van der Waals surface area contributed by atoms with Crippen LogP contribution < -0.4 is 16.0 Å². The highest BCUT2D eigenvalue weighted by molar-refractivity contribution is 14.0. The van der Waals surface area contributed by atoms with Crippen molar-refractivity contribution in [3.63, 3.8) is 0 Å². The molecule has 0 saturated carbocycles. The summed E-state index contributed by atoms with van der Waals surface area (Å²) in [6.07, 6.45) is 4.19. The van der Waals surface area contributed by atoms with Gasteiger partial charge in [0.1, 0.15) is 0 Å². The van der Waals surface area contributed by atoms with E-state index in [9.17, 15) is 0 Å². The number of nitrogens with zero attached hydrogens (tertiary/aromatic N) is 1. The lowest BCUT2D eigenvalue weighted by atomic mass is 9.88. The lowest BCUT2D eigenvalue weighted by molar-refractivity contribution is 0.0240. The summed E-state index contributed by atoms with van der Waals surface area (Å²) < 4.78 is 11.5. The fourth-order valence-electron chi connectivity index (χ4n) is 4.14. The van der Waals surface area contributed by atoms with Crippen LogP contribution in [0, 0.1) is 0 Å². The summed E-state index contributed by atoms with van der Waals surface area (Å²) in [5, 5.41) is 10.9. The highest BCUT2D eigenvalue weighted by Crippen LogP contribution is 2.25. The van der Waals surface area contributed by atoms with Crippen molar-refractivity contribution in [1.29, 1.82) is 0 Å². The number of rotatable bonds is 7. The minimum atomic E-state index is -0.0892. The molecule has 0 aromatic heterocycles. The monoisotopic (exact) mass is 516 g/mol. The van der Waals surface area contributed by atoms with Gasteiger partial charge < -0.3 is 25.4 Å². The lowest BCUT2D eigenvalue weighted by Crippen LogP contribution is -2.58. The van der Waals surface area contributed by atoms with Crippen LogP contribution in [0.5, 0.6) is 0 Å². The Morgan fingerprint density at radius 3 is 2.38 bits per heavy atom. The first-order valence-electron chi connectivity index (χ1n) is 10.5. The van der Waals surface area contributed by atoms with Crippen molar-refractivity contribution >= 4 is 29.9 Å². The summed E-state index contributed by atoms with van der Waals surface area (Å²) in [5.74, 6) is 0.830. The quantitative estimate of drug-likeness (QED) is 0.295. The third-order valence-electron chi connectivity index (χ3n) is 6.02. The van der Waals surface area contributed by atoms with Gasteiger partial charge in [0.25, 0.3) is 0 Å². The van der Waals surface area contributed by atoms with Crippen molar-refractivity contribution in [3.05, 3.63) is 35.9 Å². The Labute approximate surface area is 192 Å². The molecule has 0 amide bonds. The molecule has 3 N–H and O–H groups in total. The second kappa shape index (κ2) is 11.5. The predicted molar refractivity (Wildman–Crippen MR) is 129 cm³/mol. The van der Waals surface area contributed by atoms with Crippen LogP contribution in [0.4, 0.5) is 0 Å². The normalized spacial score (nSPS) is 25.1. The van der Waals surface area contributed by atoms with Gasteiger partial charge in [-0.2, -0.15) is 0 Å². The Morgan fingerprint density at radius 1 is 1.07 bits per heavy atom. The zero-order valence-corrected chi connectivity index (χ0v) is 20.3. The van der Waals surface area contributed by atoms with Crippen LogP contribution in [0.25, 0.3) is 0 Å². The van der Waals surface area contributed by atoms with Crippen LogP contribution in [-0.4, -0.2) is 57.1 Å². The van der Waals surface area contributed by atoms with E-state index < -0.39 is 0 Å². The molecule has 2 unspecified atom stereocenters. The number of hydrogen-bond acceptors (Lipinski definition) is 4. The Morgan fingerprint density at radius 2 is 1.76 bits per heavy atom. The number of benzene rings is 1. The average molecular weight is 516 g/mol. The van der Waals surface area contributed by atoms with Crippen molar-refractivity contribution in [1.82, 2.24) is 16.0 Å². The largest absolute Gasteiger partial charge is 0.381 e. The predicted octanol–water partition coefficient (Wildman–Crippen LogP) is 3.24. The van der Waals surface area contributed by atoms with E-state index in [1.165, 1.54) is 5.56 Å². The molecule has 7 heteroatoms. The number of nitrogens with one attached hydrogen (secondary N) is 3. The van der Waals surface area contributed by atoms with E-state index in [4.69, 9.17) is 9.47 Å². The highest BCUT2D eigenvalue weighted by Gasteiger charge is 2.34. The Hall–Kier alpha value is -0.900. The Balaban J connectivity index is 0.00000300. The lowest BCUT2D eigenvalue weighted by Gasteiger charge is -2.41. The van der Waals surface area contributed by atoms with Gasteiger partial charge in [0.2, 0.25) is 0 Å². The number of aliphatic imine (C=N–C) groups is 1. The van der Waals surface area contributed by atoms with Crippen molar-refractivity contribution in [2.75, 3.05) is 40.0 Å². The van der Waals surface area contributed by atoms with E-state index in [-0.39, 0.29) is 41.2 Å². The molecule has 0 spiro atoms. The molecule has 3 rings (SSSR count). The molecule has 6 nitrogen and oxygen atoms in total. The van der Waals surface area contributed by atoms with Crippen LogP contribution in [0.15, 0.2) is 35.3 Å². The van der Waals surface area contributed by atoms with Gasteiger partial charge in [-0.1, -0.05) is 30.3 Å². The maximum atomic E-state index is 5.88. The van der Waals surface area contributed by atoms with Crippen LogP contribution in [0.3, 0.4) is 0 Å². The molecule has 0 aliphatic carbocycles. The molecule has 164 valence electrons. The third kappa shape index (κ3) is 7.08. The number of guanidine groups is 1. The van der Waals surface area contributed by atoms with Gasteiger partial charge in [0.05, 0.1) is 5.60 Å². The number of hydrogen-bond donors (Lipinski definition) is 3. The second-order valence-corrected chi connectivity index (χ2v) is 8.35. The first-order chi connectivity index (χ1) is 13.5. The summed E-state index contributed by atoms with van der Waals surface area (Å²) in [7, 11) is 1.82. The van der Waals surface area contributed by atoms with Gasteiger partial charge in [-0.3, -0.25) is 4.99 Å². The molecule has 0 radical (unpaired) electrons. The summed E-state index contributed by atoms with van der Waals surface area (Å²) >= 11 is 0. The molecule has 2 aliphatic rings. The first-order valence-corrected chi connectivity index (χ1v) is 10.5. The maximum Gasteiger partial charge on any atom is 0.191 e. The summed E-state index contributed by atoms with van der Waals surface area (Å²) in [4.78, 5) is 4.41. The SMILES string of the molecule is CN=C(NCC1(NC(C)c2ccccc2)CCOCC1)NCC1(C)CCCO1.I. The average Bonchev–Trinajstić information content (AvgIpc) is 3.16. The minimum absolute atomic E-state index is 0. The van der Waals surface area contributed by atoms with E-state index in [0.29, 0.717) is 0 Å². The van der Waals surface area contributed by atoms with E-state index in [0.717, 1.165) is 64.6 Å². The van der Waals surface area contributed by atoms with Crippen LogP contribution in [-0.2, 0) is 9.47 Å². The van der Waals surface area contributed by atoms with Crippen LogP contribution in [0.1, 0.15) is 51.1 Å². The van der Waals surface area contributed by atoms with Crippen LogP contribution in [0.2, 0.25) is 0 Å². The van der Waals surface area contributed by atoms with Gasteiger partial charge in [0, 0.05) is 51.5 Å². The van der Waals surface area contributed by atoms with Crippen molar-refractivity contribution in [2.24, 2.45) is 4.99 Å². The molecule has 1 aromatic carbocycles. The van der Waals surface area contributed by atoms with Crippen molar-refractivity contribution < 1.29 is 9.47 Å². The maximum absolute atomic E-state index is 5.88. The summed E-state index contributed by atoms with van der Waals surface area (Å²) in [6.45, 7) is 8.42. The molecule has 2 atom stereocenters. The highest BCUT2D eigenvalue weighted by atomic mass is 127. The van der Waals surface area contributed by atoms with E-state index in [2.05, 4.69) is 65.1 Å². The van der Waals surface area contributed by atoms with Crippen molar-refractivity contribution in [3.8, 4) is 0 Å². The number of halogens is 1. The second-order valence-electron chi connectivity index (χ2n) is 8.35. The van der Waals surface area contributed by atoms with Crippen molar-refractivity contribution in [2.45, 2.75) is 56.7 Å². The fraction of sp³-hybridized carbons (Fsp3) is 0.682. The minimum Gasteiger partial charge on any atom is -0.381 e. The Bertz CT molecular complexity index is 629. The molecule has 2 fully saturated rings.